The van der Waals surface area contributed by atoms with Gasteiger partial charge in [-0.15, -0.1) is 10.2 Å². The standard InChI is InChI=1S/C12H11BrN4O2/c1-7-15-16-10(8-4-9(13)6-14-5-8)17(7)12(2-3-12)11(18)19/h4-6H,2-3H2,1H3,(H,18,19). The molecule has 0 aromatic carbocycles. The molecular formula is C12H11BrN4O2. The molecule has 7 heteroatoms. The summed E-state index contributed by atoms with van der Waals surface area (Å²) in [6.07, 6.45) is 4.54. The number of carboxylic acid groups (broad SMARTS) is 1. The number of aryl methyl sites for hydroxylation is 1. The lowest BCUT2D eigenvalue weighted by Gasteiger charge is -2.16. The maximum atomic E-state index is 11.5. The molecule has 6 nitrogen and oxygen atoms in total. The molecule has 0 bridgehead atoms. The zero-order valence-corrected chi connectivity index (χ0v) is 11.8. The van der Waals surface area contributed by atoms with Crippen LogP contribution >= 0.6 is 15.9 Å². The summed E-state index contributed by atoms with van der Waals surface area (Å²) in [5.41, 5.74) is -0.131. The summed E-state index contributed by atoms with van der Waals surface area (Å²) in [5.74, 6) is 0.320. The normalized spacial score (nSPS) is 16.3. The minimum Gasteiger partial charge on any atom is -0.479 e. The van der Waals surface area contributed by atoms with Gasteiger partial charge in [0.15, 0.2) is 5.82 Å². The van der Waals surface area contributed by atoms with Crippen LogP contribution in [0.15, 0.2) is 22.9 Å². The summed E-state index contributed by atoms with van der Waals surface area (Å²) in [5, 5.41) is 17.5. The fourth-order valence-corrected chi connectivity index (χ4v) is 2.61. The van der Waals surface area contributed by atoms with Gasteiger partial charge in [-0.25, -0.2) is 4.79 Å². The van der Waals surface area contributed by atoms with Crippen LogP contribution in [0.4, 0.5) is 0 Å². The van der Waals surface area contributed by atoms with E-state index in [-0.39, 0.29) is 0 Å². The molecule has 1 fully saturated rings. The van der Waals surface area contributed by atoms with Gasteiger partial charge in [0.1, 0.15) is 11.4 Å². The third-order valence-corrected chi connectivity index (χ3v) is 3.77. The molecule has 1 N–H and O–H groups in total. The van der Waals surface area contributed by atoms with Crippen LogP contribution in [-0.2, 0) is 10.3 Å². The molecule has 0 saturated heterocycles. The van der Waals surface area contributed by atoms with Gasteiger partial charge in [0.2, 0.25) is 0 Å². The molecule has 1 aliphatic rings. The highest BCUT2D eigenvalue weighted by Crippen LogP contribution is 2.46. The van der Waals surface area contributed by atoms with E-state index in [0.717, 1.165) is 10.0 Å². The van der Waals surface area contributed by atoms with E-state index in [0.29, 0.717) is 24.5 Å². The molecule has 0 radical (unpaired) electrons. The Labute approximate surface area is 117 Å². The Morgan fingerprint density at radius 1 is 1.42 bits per heavy atom. The van der Waals surface area contributed by atoms with Gasteiger partial charge in [0.25, 0.3) is 0 Å². The number of nitrogens with zero attached hydrogens (tertiary/aromatic N) is 4. The van der Waals surface area contributed by atoms with Crippen molar-refractivity contribution < 1.29 is 9.90 Å². The molecule has 19 heavy (non-hydrogen) atoms. The second-order valence-electron chi connectivity index (χ2n) is 4.63. The predicted octanol–water partition coefficient (Wildman–Crippen LogP) is 1.98. The van der Waals surface area contributed by atoms with Crippen LogP contribution in [0.1, 0.15) is 18.7 Å². The van der Waals surface area contributed by atoms with Gasteiger partial charge in [0, 0.05) is 22.4 Å². The average Bonchev–Trinajstić information content (AvgIpc) is 3.08. The summed E-state index contributed by atoms with van der Waals surface area (Å²) in [4.78, 5) is 15.6. The maximum Gasteiger partial charge on any atom is 0.330 e. The zero-order valence-electron chi connectivity index (χ0n) is 10.2. The van der Waals surface area contributed by atoms with Crippen molar-refractivity contribution in [3.8, 4) is 11.4 Å². The number of pyridine rings is 1. The maximum absolute atomic E-state index is 11.5. The van der Waals surface area contributed by atoms with Crippen molar-refractivity contribution in [1.82, 2.24) is 19.7 Å². The van der Waals surface area contributed by atoms with Crippen LogP contribution in [0.2, 0.25) is 0 Å². The third-order valence-electron chi connectivity index (χ3n) is 3.34. The Hall–Kier alpha value is -1.76. The van der Waals surface area contributed by atoms with Crippen molar-refractivity contribution >= 4 is 21.9 Å². The molecule has 3 rings (SSSR count). The van der Waals surface area contributed by atoms with E-state index in [1.165, 1.54) is 0 Å². The van der Waals surface area contributed by atoms with Crippen LogP contribution in [-0.4, -0.2) is 30.8 Å². The van der Waals surface area contributed by atoms with E-state index < -0.39 is 11.5 Å². The quantitative estimate of drug-likeness (QED) is 0.934. The fraction of sp³-hybridized carbons (Fsp3) is 0.333. The Morgan fingerprint density at radius 2 is 2.16 bits per heavy atom. The van der Waals surface area contributed by atoms with E-state index in [1.54, 1.807) is 23.9 Å². The minimum absolute atomic E-state index is 0.547. The first kappa shape index (κ1) is 12.3. The molecule has 0 spiro atoms. The Morgan fingerprint density at radius 3 is 2.74 bits per heavy atom. The summed E-state index contributed by atoms with van der Waals surface area (Å²) in [6.45, 7) is 1.77. The Balaban J connectivity index is 2.17. The van der Waals surface area contributed by atoms with Crippen LogP contribution in [0.3, 0.4) is 0 Å². The third kappa shape index (κ3) is 1.85. The van der Waals surface area contributed by atoms with Crippen molar-refractivity contribution in [2.24, 2.45) is 0 Å². The molecule has 0 amide bonds. The number of halogens is 1. The topological polar surface area (TPSA) is 80.9 Å². The molecule has 0 atom stereocenters. The van der Waals surface area contributed by atoms with Crippen LogP contribution in [0.5, 0.6) is 0 Å². The molecular weight excluding hydrogens is 312 g/mol. The average molecular weight is 323 g/mol. The van der Waals surface area contributed by atoms with E-state index in [1.807, 2.05) is 6.07 Å². The monoisotopic (exact) mass is 322 g/mol. The summed E-state index contributed by atoms with van der Waals surface area (Å²) in [6, 6.07) is 1.85. The summed E-state index contributed by atoms with van der Waals surface area (Å²) < 4.78 is 2.52. The van der Waals surface area contributed by atoms with E-state index in [9.17, 15) is 9.90 Å². The molecule has 2 heterocycles. The van der Waals surface area contributed by atoms with E-state index in [2.05, 4.69) is 31.1 Å². The highest BCUT2D eigenvalue weighted by Gasteiger charge is 2.54. The minimum atomic E-state index is -0.884. The lowest BCUT2D eigenvalue weighted by Crippen LogP contribution is -2.29. The number of hydrogen-bond donors (Lipinski definition) is 1. The Bertz CT molecular complexity index is 663. The highest BCUT2D eigenvalue weighted by molar-refractivity contribution is 9.10. The fourth-order valence-electron chi connectivity index (χ4n) is 2.25. The predicted molar refractivity (Wildman–Crippen MR) is 70.5 cm³/mol. The van der Waals surface area contributed by atoms with Crippen LogP contribution < -0.4 is 0 Å². The largest absolute Gasteiger partial charge is 0.479 e. The van der Waals surface area contributed by atoms with E-state index >= 15 is 0 Å². The second-order valence-corrected chi connectivity index (χ2v) is 5.55. The first-order valence-electron chi connectivity index (χ1n) is 5.81. The summed E-state index contributed by atoms with van der Waals surface area (Å²) >= 11 is 3.35. The van der Waals surface area contributed by atoms with Gasteiger partial charge in [-0.1, -0.05) is 0 Å². The van der Waals surface area contributed by atoms with Crippen molar-refractivity contribution in [3.63, 3.8) is 0 Å². The first-order valence-corrected chi connectivity index (χ1v) is 6.61. The number of carboxylic acids is 1. The molecule has 0 unspecified atom stereocenters. The number of rotatable bonds is 3. The SMILES string of the molecule is Cc1nnc(-c2cncc(Br)c2)n1C1(C(=O)O)CC1. The Kier molecular flexibility index (Phi) is 2.67. The van der Waals surface area contributed by atoms with Crippen molar-refractivity contribution in [2.45, 2.75) is 25.3 Å². The van der Waals surface area contributed by atoms with E-state index in [4.69, 9.17) is 0 Å². The smallest absolute Gasteiger partial charge is 0.330 e. The van der Waals surface area contributed by atoms with Gasteiger partial charge in [0.05, 0.1) is 0 Å². The molecule has 2 aromatic heterocycles. The summed E-state index contributed by atoms with van der Waals surface area (Å²) in [7, 11) is 0. The second kappa shape index (κ2) is 4.12. The van der Waals surface area contributed by atoms with Crippen LogP contribution in [0, 0.1) is 6.92 Å². The lowest BCUT2D eigenvalue weighted by atomic mass is 10.2. The molecule has 1 saturated carbocycles. The van der Waals surface area contributed by atoms with Gasteiger partial charge in [-0.05, 0) is 41.8 Å². The molecule has 0 aliphatic heterocycles. The van der Waals surface area contributed by atoms with Crippen molar-refractivity contribution in [1.29, 1.82) is 0 Å². The number of carbonyl (C=O) groups is 1. The number of aromatic nitrogens is 4. The molecule has 2 aromatic rings. The van der Waals surface area contributed by atoms with Crippen molar-refractivity contribution in [3.05, 3.63) is 28.8 Å². The molecule has 1 aliphatic carbocycles. The molecule has 98 valence electrons. The number of aliphatic carboxylic acids is 1. The lowest BCUT2D eigenvalue weighted by molar-refractivity contribution is -0.142. The van der Waals surface area contributed by atoms with Gasteiger partial charge in [-0.3, -0.25) is 9.55 Å². The van der Waals surface area contributed by atoms with Crippen LogP contribution in [0.25, 0.3) is 11.4 Å². The van der Waals surface area contributed by atoms with Gasteiger partial charge < -0.3 is 5.11 Å². The highest BCUT2D eigenvalue weighted by atomic mass is 79.9. The van der Waals surface area contributed by atoms with Crippen molar-refractivity contribution in [2.75, 3.05) is 0 Å². The number of hydrogen-bond acceptors (Lipinski definition) is 4. The zero-order chi connectivity index (χ0) is 13.6. The first-order chi connectivity index (χ1) is 9.04. The van der Waals surface area contributed by atoms with Gasteiger partial charge >= 0.3 is 5.97 Å². The van der Waals surface area contributed by atoms with Gasteiger partial charge in [-0.2, -0.15) is 0 Å².